The van der Waals surface area contributed by atoms with E-state index in [1.807, 2.05) is 0 Å². The number of carbonyl (C=O) groups excluding carboxylic acids is 1. The van der Waals surface area contributed by atoms with E-state index in [1.165, 1.54) is 35.9 Å². The number of aromatic nitrogens is 3. The van der Waals surface area contributed by atoms with Crippen LogP contribution < -0.4 is 11.2 Å². The van der Waals surface area contributed by atoms with Crippen molar-refractivity contribution >= 4 is 17.0 Å². The van der Waals surface area contributed by atoms with Crippen LogP contribution in [-0.4, -0.2) is 26.7 Å². The van der Waals surface area contributed by atoms with Gasteiger partial charge in [0.2, 0.25) is 0 Å². The summed E-state index contributed by atoms with van der Waals surface area (Å²) in [4.78, 5) is 43.2. The third kappa shape index (κ3) is 3.46. The number of fused-ring (bicyclic) bond motifs is 1. The fourth-order valence-corrected chi connectivity index (χ4v) is 3.37. The van der Waals surface area contributed by atoms with Crippen molar-refractivity contribution in [2.75, 3.05) is 6.61 Å². The van der Waals surface area contributed by atoms with Gasteiger partial charge in [-0.2, -0.15) is 0 Å². The molecule has 4 rings (SSSR count). The highest BCUT2D eigenvalue weighted by molar-refractivity contribution is 6.02. The van der Waals surface area contributed by atoms with Gasteiger partial charge in [-0.3, -0.25) is 13.9 Å². The van der Waals surface area contributed by atoms with E-state index in [-0.39, 0.29) is 35.7 Å². The predicted octanol–water partition coefficient (Wildman–Crippen LogP) is 2.34. The van der Waals surface area contributed by atoms with Gasteiger partial charge in [-0.25, -0.2) is 19.0 Å². The summed E-state index contributed by atoms with van der Waals surface area (Å²) in [6.45, 7) is 1.80. The zero-order valence-electron chi connectivity index (χ0n) is 16.1. The van der Waals surface area contributed by atoms with Gasteiger partial charge in [0.05, 0.1) is 24.1 Å². The SMILES string of the molecule is CCOC(=O)c1cc(C2CC2)nc2c1c(=O)n(Cc1ccc(F)cc1)c(=O)n2C. The topological polar surface area (TPSA) is 83.2 Å². The molecule has 1 aliphatic rings. The largest absolute Gasteiger partial charge is 0.462 e. The van der Waals surface area contributed by atoms with E-state index in [9.17, 15) is 18.8 Å². The Hall–Kier alpha value is -3.29. The molecule has 2 heterocycles. The molecule has 150 valence electrons. The summed E-state index contributed by atoms with van der Waals surface area (Å²) >= 11 is 0. The minimum absolute atomic E-state index is 0.0473. The maximum absolute atomic E-state index is 13.2. The Kier molecular flexibility index (Phi) is 4.77. The number of halogens is 1. The van der Waals surface area contributed by atoms with Crippen LogP contribution in [0.3, 0.4) is 0 Å². The summed E-state index contributed by atoms with van der Waals surface area (Å²) in [6, 6.07) is 7.14. The Labute approximate surface area is 165 Å². The molecular formula is C21H20FN3O4. The van der Waals surface area contributed by atoms with Crippen LogP contribution >= 0.6 is 0 Å². The Morgan fingerprint density at radius 1 is 1.24 bits per heavy atom. The predicted molar refractivity (Wildman–Crippen MR) is 105 cm³/mol. The van der Waals surface area contributed by atoms with Gasteiger partial charge in [-0.15, -0.1) is 0 Å². The quantitative estimate of drug-likeness (QED) is 0.617. The van der Waals surface area contributed by atoms with Crippen LogP contribution in [0.1, 0.15) is 47.3 Å². The first-order chi connectivity index (χ1) is 13.9. The second kappa shape index (κ2) is 7.27. The first kappa shape index (κ1) is 19.0. The second-order valence-electron chi connectivity index (χ2n) is 7.15. The van der Waals surface area contributed by atoms with Gasteiger partial charge in [-0.1, -0.05) is 12.1 Å². The molecule has 3 aromatic rings. The molecule has 1 fully saturated rings. The normalized spacial score (nSPS) is 13.6. The van der Waals surface area contributed by atoms with Gasteiger partial charge in [0.25, 0.3) is 5.56 Å². The third-order valence-corrected chi connectivity index (χ3v) is 5.06. The van der Waals surface area contributed by atoms with E-state index in [2.05, 4.69) is 4.98 Å². The zero-order valence-corrected chi connectivity index (χ0v) is 16.1. The Balaban J connectivity index is 1.97. The fourth-order valence-electron chi connectivity index (χ4n) is 3.37. The van der Waals surface area contributed by atoms with Crippen LogP contribution in [0, 0.1) is 5.82 Å². The number of benzene rings is 1. The summed E-state index contributed by atoms with van der Waals surface area (Å²) < 4.78 is 20.6. The lowest BCUT2D eigenvalue weighted by Crippen LogP contribution is -2.40. The molecule has 0 aliphatic heterocycles. The molecule has 2 aromatic heterocycles. The standard InChI is InChI=1S/C21H20FN3O4/c1-3-29-20(27)15-10-16(13-6-7-13)23-18-17(15)19(26)25(21(28)24(18)2)11-12-4-8-14(22)9-5-12/h4-5,8-10,13H,3,6-7,11H2,1-2H3. The van der Waals surface area contributed by atoms with Gasteiger partial charge in [0, 0.05) is 18.7 Å². The van der Waals surface area contributed by atoms with Crippen molar-refractivity contribution in [1.29, 1.82) is 0 Å². The van der Waals surface area contributed by atoms with Crippen LogP contribution in [0.2, 0.25) is 0 Å². The van der Waals surface area contributed by atoms with Crippen molar-refractivity contribution in [3.8, 4) is 0 Å². The van der Waals surface area contributed by atoms with Gasteiger partial charge in [0.1, 0.15) is 11.5 Å². The first-order valence-corrected chi connectivity index (χ1v) is 9.46. The molecule has 0 spiro atoms. The monoisotopic (exact) mass is 397 g/mol. The molecule has 0 amide bonds. The summed E-state index contributed by atoms with van der Waals surface area (Å²) in [7, 11) is 1.52. The molecular weight excluding hydrogens is 377 g/mol. The molecule has 0 atom stereocenters. The van der Waals surface area contributed by atoms with E-state index in [4.69, 9.17) is 4.74 Å². The molecule has 1 saturated carbocycles. The molecule has 8 heteroatoms. The molecule has 0 saturated heterocycles. The average molecular weight is 397 g/mol. The molecule has 1 aliphatic carbocycles. The zero-order chi connectivity index (χ0) is 20.7. The average Bonchev–Trinajstić information content (AvgIpc) is 3.55. The number of rotatable bonds is 5. The lowest BCUT2D eigenvalue weighted by molar-refractivity contribution is 0.0528. The van der Waals surface area contributed by atoms with Crippen molar-refractivity contribution < 1.29 is 13.9 Å². The number of hydrogen-bond donors (Lipinski definition) is 0. The lowest BCUT2D eigenvalue weighted by atomic mass is 10.1. The number of carbonyl (C=O) groups is 1. The first-order valence-electron chi connectivity index (χ1n) is 9.46. The lowest BCUT2D eigenvalue weighted by Gasteiger charge is -2.14. The number of esters is 1. The summed E-state index contributed by atoms with van der Waals surface area (Å²) in [6.07, 6.45) is 1.91. The Morgan fingerprint density at radius 2 is 1.93 bits per heavy atom. The third-order valence-electron chi connectivity index (χ3n) is 5.06. The second-order valence-corrected chi connectivity index (χ2v) is 7.15. The highest BCUT2D eigenvalue weighted by atomic mass is 19.1. The number of nitrogens with zero attached hydrogens (tertiary/aromatic N) is 3. The molecule has 1 aromatic carbocycles. The van der Waals surface area contributed by atoms with Crippen molar-refractivity contribution in [2.24, 2.45) is 7.05 Å². The van der Waals surface area contributed by atoms with Crippen LogP contribution in [0.15, 0.2) is 39.9 Å². The maximum atomic E-state index is 13.2. The van der Waals surface area contributed by atoms with Crippen LogP contribution in [0.5, 0.6) is 0 Å². The Morgan fingerprint density at radius 3 is 2.55 bits per heavy atom. The number of ether oxygens (including phenoxy) is 1. The molecule has 0 N–H and O–H groups in total. The van der Waals surface area contributed by atoms with E-state index < -0.39 is 23.0 Å². The van der Waals surface area contributed by atoms with Gasteiger partial charge in [0.15, 0.2) is 0 Å². The fraction of sp³-hybridized carbons (Fsp3) is 0.333. The van der Waals surface area contributed by atoms with Crippen LogP contribution in [0.25, 0.3) is 11.0 Å². The molecule has 0 bridgehead atoms. The van der Waals surface area contributed by atoms with Crippen LogP contribution in [-0.2, 0) is 18.3 Å². The van der Waals surface area contributed by atoms with E-state index >= 15 is 0 Å². The maximum Gasteiger partial charge on any atom is 0.339 e. The van der Waals surface area contributed by atoms with Crippen LogP contribution in [0.4, 0.5) is 4.39 Å². The smallest absolute Gasteiger partial charge is 0.339 e. The molecule has 29 heavy (non-hydrogen) atoms. The molecule has 7 nitrogen and oxygen atoms in total. The highest BCUT2D eigenvalue weighted by Crippen LogP contribution is 2.39. The summed E-state index contributed by atoms with van der Waals surface area (Å²) in [5.41, 5.74) is 0.388. The van der Waals surface area contributed by atoms with E-state index in [1.54, 1.807) is 13.0 Å². The van der Waals surface area contributed by atoms with Gasteiger partial charge < -0.3 is 4.74 Å². The van der Waals surface area contributed by atoms with E-state index in [0.29, 0.717) is 11.3 Å². The summed E-state index contributed by atoms with van der Waals surface area (Å²) in [5.74, 6) is -0.802. The molecule has 0 unspecified atom stereocenters. The van der Waals surface area contributed by atoms with Gasteiger partial charge >= 0.3 is 11.7 Å². The summed E-state index contributed by atoms with van der Waals surface area (Å²) in [5, 5.41) is 0.0528. The molecule has 0 radical (unpaired) electrons. The number of hydrogen-bond acceptors (Lipinski definition) is 5. The van der Waals surface area contributed by atoms with Gasteiger partial charge in [-0.05, 0) is 43.5 Å². The van der Waals surface area contributed by atoms with Crippen molar-refractivity contribution in [3.63, 3.8) is 0 Å². The minimum Gasteiger partial charge on any atom is -0.462 e. The van der Waals surface area contributed by atoms with Crippen molar-refractivity contribution in [2.45, 2.75) is 32.2 Å². The van der Waals surface area contributed by atoms with Crippen molar-refractivity contribution in [3.05, 3.63) is 73.8 Å². The number of aryl methyl sites for hydroxylation is 1. The van der Waals surface area contributed by atoms with E-state index in [0.717, 1.165) is 17.4 Å². The Bertz CT molecular complexity index is 1220. The minimum atomic E-state index is -0.620. The number of pyridine rings is 1. The highest BCUT2D eigenvalue weighted by Gasteiger charge is 2.29. The van der Waals surface area contributed by atoms with Crippen molar-refractivity contribution in [1.82, 2.24) is 14.1 Å².